The first-order valence-electron chi connectivity index (χ1n) is 7.11. The van der Waals surface area contributed by atoms with Gasteiger partial charge in [-0.2, -0.15) is 0 Å². The minimum Gasteiger partial charge on any atom is -0.302 e. The average Bonchev–Trinajstić information content (AvgIpc) is 2.58. The molecule has 2 rings (SSSR count). The third-order valence-corrected chi connectivity index (χ3v) is 5.19. The second kappa shape index (κ2) is 5.19. The summed E-state index contributed by atoms with van der Waals surface area (Å²) in [5.74, 6) is 0.168. The van der Waals surface area contributed by atoms with Crippen LogP contribution in [0.3, 0.4) is 0 Å². The van der Waals surface area contributed by atoms with Crippen molar-refractivity contribution in [3.63, 3.8) is 0 Å². The molecule has 5 heteroatoms. The number of nitrogens with one attached hydrogen (secondary N) is 2. The fraction of sp³-hybridized carbons (Fsp3) is 0.786. The van der Waals surface area contributed by atoms with E-state index < -0.39 is 5.41 Å². The van der Waals surface area contributed by atoms with Crippen LogP contribution >= 0.6 is 12.2 Å². The Bertz CT molecular complexity index is 402. The third-order valence-electron chi connectivity index (χ3n) is 4.98. The molecule has 1 aliphatic carbocycles. The number of amides is 2. The molecule has 0 aromatic rings. The van der Waals surface area contributed by atoms with E-state index in [4.69, 9.17) is 12.2 Å². The molecule has 0 radical (unpaired) electrons. The second-order valence-electron chi connectivity index (χ2n) is 5.95. The lowest BCUT2D eigenvalue weighted by Crippen LogP contribution is -2.65. The van der Waals surface area contributed by atoms with Gasteiger partial charge in [0.05, 0.1) is 0 Å². The Balaban J connectivity index is 2.37. The van der Waals surface area contributed by atoms with Crippen molar-refractivity contribution in [3.05, 3.63) is 0 Å². The van der Waals surface area contributed by atoms with Crippen LogP contribution in [0.5, 0.6) is 0 Å². The molecule has 1 saturated carbocycles. The second-order valence-corrected chi connectivity index (χ2v) is 6.36. The first kappa shape index (κ1) is 14.4. The normalized spacial score (nSPS) is 33.4. The molecule has 2 N–H and O–H groups in total. The molecule has 2 fully saturated rings. The lowest BCUT2D eigenvalue weighted by molar-refractivity contribution is -0.149. The van der Waals surface area contributed by atoms with Gasteiger partial charge in [-0.25, -0.2) is 0 Å². The first-order valence-corrected chi connectivity index (χ1v) is 7.52. The predicted molar refractivity (Wildman–Crippen MR) is 77.3 cm³/mol. The van der Waals surface area contributed by atoms with Crippen molar-refractivity contribution in [2.24, 2.45) is 23.2 Å². The highest BCUT2D eigenvalue weighted by molar-refractivity contribution is 7.80. The zero-order valence-corrected chi connectivity index (χ0v) is 12.6. The monoisotopic (exact) mass is 282 g/mol. The number of carbonyl (C=O) groups excluding carboxylic acids is 2. The Kier molecular flexibility index (Phi) is 3.95. The molecule has 2 aliphatic rings. The average molecular weight is 282 g/mol. The molecule has 2 amide bonds. The van der Waals surface area contributed by atoms with Crippen molar-refractivity contribution >= 4 is 29.1 Å². The van der Waals surface area contributed by atoms with E-state index in [0.717, 1.165) is 25.7 Å². The van der Waals surface area contributed by atoms with Gasteiger partial charge in [0.15, 0.2) is 5.11 Å². The minimum atomic E-state index is -0.920. The van der Waals surface area contributed by atoms with E-state index in [-0.39, 0.29) is 28.8 Å². The van der Waals surface area contributed by atoms with Gasteiger partial charge in [-0.05, 0) is 42.8 Å². The van der Waals surface area contributed by atoms with Crippen molar-refractivity contribution in [3.8, 4) is 0 Å². The summed E-state index contributed by atoms with van der Waals surface area (Å²) in [6.07, 6.45) is 4.00. The highest BCUT2D eigenvalue weighted by Gasteiger charge is 2.62. The molecule has 0 bridgehead atoms. The van der Waals surface area contributed by atoms with Crippen LogP contribution in [0.25, 0.3) is 0 Å². The number of hydrogen-bond acceptors (Lipinski definition) is 3. The molecule has 19 heavy (non-hydrogen) atoms. The Morgan fingerprint density at radius 3 is 2.37 bits per heavy atom. The van der Waals surface area contributed by atoms with E-state index in [0.29, 0.717) is 5.92 Å². The number of thiocarbonyl (C=S) groups is 1. The van der Waals surface area contributed by atoms with Crippen LogP contribution in [0.4, 0.5) is 0 Å². The van der Waals surface area contributed by atoms with Crippen molar-refractivity contribution in [1.29, 1.82) is 0 Å². The molecule has 1 heterocycles. The molecule has 1 saturated heterocycles. The Labute approximate surface area is 119 Å². The Hall–Kier alpha value is -0.970. The summed E-state index contributed by atoms with van der Waals surface area (Å²) in [6.45, 7) is 6.28. The number of carbonyl (C=O) groups is 2. The van der Waals surface area contributed by atoms with Gasteiger partial charge in [-0.15, -0.1) is 0 Å². The van der Waals surface area contributed by atoms with Gasteiger partial charge in [0.2, 0.25) is 11.8 Å². The van der Waals surface area contributed by atoms with Gasteiger partial charge in [-0.3, -0.25) is 9.59 Å². The molecular weight excluding hydrogens is 260 g/mol. The fourth-order valence-electron chi connectivity index (χ4n) is 3.79. The summed E-state index contributed by atoms with van der Waals surface area (Å²) >= 11 is 4.91. The summed E-state index contributed by atoms with van der Waals surface area (Å²) < 4.78 is 0. The van der Waals surface area contributed by atoms with Crippen LogP contribution in [-0.4, -0.2) is 16.9 Å². The Morgan fingerprint density at radius 2 is 1.84 bits per heavy atom. The molecule has 106 valence electrons. The van der Waals surface area contributed by atoms with Crippen LogP contribution in [0.2, 0.25) is 0 Å². The van der Waals surface area contributed by atoms with E-state index in [2.05, 4.69) is 24.5 Å². The maximum Gasteiger partial charge on any atom is 0.242 e. The van der Waals surface area contributed by atoms with Gasteiger partial charge in [0.25, 0.3) is 0 Å². The maximum atomic E-state index is 12.5. The number of rotatable bonds is 3. The molecular formula is C14H22N2O2S. The molecule has 1 spiro atoms. The molecule has 4 nitrogen and oxygen atoms in total. The lowest BCUT2D eigenvalue weighted by atomic mass is 9.68. The first-order chi connectivity index (χ1) is 8.94. The zero-order valence-electron chi connectivity index (χ0n) is 11.8. The molecule has 3 atom stereocenters. The van der Waals surface area contributed by atoms with Gasteiger partial charge in [0, 0.05) is 0 Å². The van der Waals surface area contributed by atoms with Crippen LogP contribution < -0.4 is 10.6 Å². The van der Waals surface area contributed by atoms with E-state index >= 15 is 0 Å². The SMILES string of the molecule is CCCCC1CC(C)C(C)C12C(=O)NC(=S)NC2=O. The quantitative estimate of drug-likeness (QED) is 0.615. The highest BCUT2D eigenvalue weighted by atomic mass is 32.1. The predicted octanol–water partition coefficient (Wildman–Crippen LogP) is 1.99. The molecule has 3 unspecified atom stereocenters. The van der Waals surface area contributed by atoms with E-state index in [1.165, 1.54) is 0 Å². The van der Waals surface area contributed by atoms with Gasteiger partial charge in [0.1, 0.15) is 5.41 Å². The van der Waals surface area contributed by atoms with E-state index in [1.54, 1.807) is 0 Å². The minimum absolute atomic E-state index is 0.0532. The van der Waals surface area contributed by atoms with Gasteiger partial charge < -0.3 is 10.6 Å². The molecule has 0 aromatic carbocycles. The van der Waals surface area contributed by atoms with Gasteiger partial charge in [-0.1, -0.05) is 33.6 Å². The van der Waals surface area contributed by atoms with Crippen molar-refractivity contribution < 1.29 is 9.59 Å². The number of unbranched alkanes of at least 4 members (excludes halogenated alkanes) is 1. The van der Waals surface area contributed by atoms with Crippen LogP contribution in [0.1, 0.15) is 46.5 Å². The van der Waals surface area contributed by atoms with Crippen molar-refractivity contribution in [1.82, 2.24) is 10.6 Å². The van der Waals surface area contributed by atoms with Gasteiger partial charge >= 0.3 is 0 Å². The van der Waals surface area contributed by atoms with Crippen LogP contribution in [0.15, 0.2) is 0 Å². The van der Waals surface area contributed by atoms with E-state index in [9.17, 15) is 9.59 Å². The molecule has 0 aromatic heterocycles. The summed E-state index contributed by atoms with van der Waals surface area (Å²) in [5.41, 5.74) is -0.920. The van der Waals surface area contributed by atoms with Crippen molar-refractivity contribution in [2.45, 2.75) is 46.5 Å². The number of hydrogen-bond donors (Lipinski definition) is 2. The summed E-state index contributed by atoms with van der Waals surface area (Å²) in [7, 11) is 0. The molecule has 1 aliphatic heterocycles. The standard InChI is InChI=1S/C14H22N2O2S/c1-4-5-6-10-7-8(2)9(3)14(10)11(17)15-13(19)16-12(14)18/h8-10H,4-7H2,1-3H3,(H2,15,16,17,18,19). The Morgan fingerprint density at radius 1 is 1.26 bits per heavy atom. The summed E-state index contributed by atoms with van der Waals surface area (Å²) in [6, 6.07) is 0. The third kappa shape index (κ3) is 2.08. The summed E-state index contributed by atoms with van der Waals surface area (Å²) in [5, 5.41) is 5.46. The van der Waals surface area contributed by atoms with Crippen molar-refractivity contribution in [2.75, 3.05) is 0 Å². The fourth-order valence-corrected chi connectivity index (χ4v) is 3.97. The maximum absolute atomic E-state index is 12.5. The zero-order chi connectivity index (χ0) is 14.2. The van der Waals surface area contributed by atoms with Crippen LogP contribution in [-0.2, 0) is 9.59 Å². The topological polar surface area (TPSA) is 58.2 Å². The van der Waals surface area contributed by atoms with Crippen LogP contribution in [0, 0.1) is 23.2 Å². The smallest absolute Gasteiger partial charge is 0.242 e. The highest BCUT2D eigenvalue weighted by Crippen LogP contribution is 2.53. The summed E-state index contributed by atoms with van der Waals surface area (Å²) in [4.78, 5) is 25.0. The van der Waals surface area contributed by atoms with E-state index in [1.807, 2.05) is 6.92 Å². The lowest BCUT2D eigenvalue weighted by Gasteiger charge is -2.39. The largest absolute Gasteiger partial charge is 0.302 e.